The standard InChI is InChI=1S/C20H21N5O2S2/c1-14-6-5-7-15(12-14)22-19-23-24-20(29-19)28-13-18(27)25(11-10-17(21)26)16-8-3-2-4-9-16/h2-9,12H,10-11,13H2,1H3,(H2,21,26)(H,22,23). The van der Waals surface area contributed by atoms with E-state index in [-0.39, 0.29) is 24.6 Å². The third-order valence-corrected chi connectivity index (χ3v) is 5.90. The minimum absolute atomic E-state index is 0.106. The summed E-state index contributed by atoms with van der Waals surface area (Å²) in [7, 11) is 0. The monoisotopic (exact) mass is 427 g/mol. The lowest BCUT2D eigenvalue weighted by Gasteiger charge is -2.22. The Labute approximate surface area is 177 Å². The van der Waals surface area contributed by atoms with Crippen molar-refractivity contribution in [3.05, 3.63) is 60.2 Å². The van der Waals surface area contributed by atoms with Crippen LogP contribution in [0.15, 0.2) is 58.9 Å². The van der Waals surface area contributed by atoms with E-state index < -0.39 is 5.91 Å². The fourth-order valence-electron chi connectivity index (χ4n) is 2.59. The topological polar surface area (TPSA) is 101 Å². The van der Waals surface area contributed by atoms with E-state index in [0.717, 1.165) is 16.9 Å². The number of thioether (sulfide) groups is 1. The molecule has 3 aromatic rings. The fraction of sp³-hybridized carbons (Fsp3) is 0.200. The van der Waals surface area contributed by atoms with Crippen LogP contribution in [0, 0.1) is 6.92 Å². The number of hydrogen-bond donors (Lipinski definition) is 2. The molecule has 150 valence electrons. The minimum Gasteiger partial charge on any atom is -0.370 e. The van der Waals surface area contributed by atoms with E-state index in [1.807, 2.05) is 61.5 Å². The predicted octanol–water partition coefficient (Wildman–Crippen LogP) is 3.59. The average Bonchev–Trinajstić information content (AvgIpc) is 3.14. The summed E-state index contributed by atoms with van der Waals surface area (Å²) in [6.07, 6.45) is 0.106. The molecule has 29 heavy (non-hydrogen) atoms. The molecule has 0 saturated carbocycles. The van der Waals surface area contributed by atoms with Gasteiger partial charge in [-0.15, -0.1) is 10.2 Å². The van der Waals surface area contributed by atoms with Crippen molar-refractivity contribution in [3.63, 3.8) is 0 Å². The molecule has 2 aromatic carbocycles. The highest BCUT2D eigenvalue weighted by atomic mass is 32.2. The second-order valence-electron chi connectivity index (χ2n) is 6.25. The van der Waals surface area contributed by atoms with Crippen LogP contribution in [0.2, 0.25) is 0 Å². The van der Waals surface area contributed by atoms with Crippen molar-refractivity contribution >= 4 is 51.4 Å². The molecule has 9 heteroatoms. The fourth-order valence-corrected chi connectivity index (χ4v) is 4.24. The number of anilines is 3. The number of hydrogen-bond acceptors (Lipinski definition) is 7. The van der Waals surface area contributed by atoms with Gasteiger partial charge in [-0.2, -0.15) is 0 Å². The van der Waals surface area contributed by atoms with Crippen molar-refractivity contribution in [3.8, 4) is 0 Å². The number of nitrogens with zero attached hydrogens (tertiary/aromatic N) is 3. The Hall–Kier alpha value is -2.91. The SMILES string of the molecule is Cc1cccc(Nc2nnc(SCC(=O)N(CCC(N)=O)c3ccccc3)s2)c1. The first-order valence-corrected chi connectivity index (χ1v) is 10.7. The number of para-hydroxylation sites is 1. The van der Waals surface area contributed by atoms with Crippen LogP contribution in [0.3, 0.4) is 0 Å². The molecule has 0 fully saturated rings. The van der Waals surface area contributed by atoms with E-state index in [1.165, 1.54) is 23.1 Å². The Morgan fingerprint density at radius 2 is 1.93 bits per heavy atom. The maximum absolute atomic E-state index is 12.8. The van der Waals surface area contributed by atoms with Crippen LogP contribution in [0.1, 0.15) is 12.0 Å². The van der Waals surface area contributed by atoms with Gasteiger partial charge in [-0.3, -0.25) is 9.59 Å². The summed E-state index contributed by atoms with van der Waals surface area (Å²) in [6, 6.07) is 17.2. The number of nitrogens with one attached hydrogen (secondary N) is 1. The van der Waals surface area contributed by atoms with Crippen LogP contribution in [-0.4, -0.2) is 34.3 Å². The van der Waals surface area contributed by atoms with Gasteiger partial charge in [0.1, 0.15) is 0 Å². The lowest BCUT2D eigenvalue weighted by molar-refractivity contribution is -0.118. The number of aromatic nitrogens is 2. The molecule has 0 radical (unpaired) electrons. The quantitative estimate of drug-likeness (QED) is 0.506. The average molecular weight is 428 g/mol. The Morgan fingerprint density at radius 1 is 1.14 bits per heavy atom. The number of primary amides is 1. The van der Waals surface area contributed by atoms with Crippen LogP contribution in [0.5, 0.6) is 0 Å². The van der Waals surface area contributed by atoms with Crippen LogP contribution in [0.25, 0.3) is 0 Å². The molecule has 0 aliphatic heterocycles. The highest BCUT2D eigenvalue weighted by Gasteiger charge is 2.17. The predicted molar refractivity (Wildman–Crippen MR) is 118 cm³/mol. The maximum atomic E-state index is 12.8. The van der Waals surface area contributed by atoms with E-state index in [0.29, 0.717) is 9.47 Å². The molecule has 0 aliphatic rings. The number of benzene rings is 2. The van der Waals surface area contributed by atoms with Crippen LogP contribution < -0.4 is 16.0 Å². The summed E-state index contributed by atoms with van der Waals surface area (Å²) >= 11 is 2.70. The summed E-state index contributed by atoms with van der Waals surface area (Å²) < 4.78 is 0.691. The van der Waals surface area contributed by atoms with Crippen molar-refractivity contribution in [2.45, 2.75) is 17.7 Å². The third kappa shape index (κ3) is 6.30. The van der Waals surface area contributed by atoms with E-state index in [4.69, 9.17) is 5.73 Å². The zero-order chi connectivity index (χ0) is 20.6. The number of amides is 2. The summed E-state index contributed by atoms with van der Waals surface area (Å²) in [5, 5.41) is 12.2. The Kier molecular flexibility index (Phi) is 7.20. The highest BCUT2D eigenvalue weighted by molar-refractivity contribution is 8.01. The first kappa shape index (κ1) is 20.8. The molecule has 0 spiro atoms. The highest BCUT2D eigenvalue weighted by Crippen LogP contribution is 2.28. The number of carbonyl (C=O) groups excluding carboxylic acids is 2. The summed E-state index contributed by atoms with van der Waals surface area (Å²) in [6.45, 7) is 2.27. The van der Waals surface area contributed by atoms with Gasteiger partial charge >= 0.3 is 0 Å². The second-order valence-corrected chi connectivity index (χ2v) is 8.45. The van der Waals surface area contributed by atoms with Gasteiger partial charge in [-0.1, -0.05) is 53.4 Å². The summed E-state index contributed by atoms with van der Waals surface area (Å²) in [4.78, 5) is 25.5. The Balaban J connectivity index is 1.61. The molecule has 1 aromatic heterocycles. The first-order valence-electron chi connectivity index (χ1n) is 8.95. The molecule has 2 amide bonds. The number of carbonyl (C=O) groups is 2. The van der Waals surface area contributed by atoms with Crippen molar-refractivity contribution in [1.82, 2.24) is 10.2 Å². The molecule has 1 heterocycles. The van der Waals surface area contributed by atoms with E-state index in [1.54, 1.807) is 4.90 Å². The van der Waals surface area contributed by atoms with Crippen LogP contribution in [0.4, 0.5) is 16.5 Å². The molecule has 0 unspecified atom stereocenters. The van der Waals surface area contributed by atoms with Crippen molar-refractivity contribution in [2.75, 3.05) is 22.5 Å². The molecule has 0 atom stereocenters. The molecule has 3 N–H and O–H groups in total. The first-order chi connectivity index (χ1) is 14.0. The molecule has 0 aliphatic carbocycles. The zero-order valence-corrected chi connectivity index (χ0v) is 17.5. The second kappa shape index (κ2) is 10.0. The van der Waals surface area contributed by atoms with Gasteiger partial charge in [-0.25, -0.2) is 0 Å². The van der Waals surface area contributed by atoms with E-state index in [2.05, 4.69) is 15.5 Å². The normalized spacial score (nSPS) is 10.5. The van der Waals surface area contributed by atoms with E-state index in [9.17, 15) is 9.59 Å². The Morgan fingerprint density at radius 3 is 2.66 bits per heavy atom. The number of aryl methyl sites for hydroxylation is 1. The van der Waals surface area contributed by atoms with Gasteiger partial charge < -0.3 is 16.0 Å². The van der Waals surface area contributed by atoms with Gasteiger partial charge in [0.05, 0.1) is 5.75 Å². The molecular weight excluding hydrogens is 406 g/mol. The van der Waals surface area contributed by atoms with Crippen LogP contribution >= 0.6 is 23.1 Å². The van der Waals surface area contributed by atoms with Gasteiger partial charge in [-0.05, 0) is 36.8 Å². The van der Waals surface area contributed by atoms with Crippen molar-refractivity contribution in [1.29, 1.82) is 0 Å². The lowest BCUT2D eigenvalue weighted by atomic mass is 10.2. The molecule has 7 nitrogen and oxygen atoms in total. The maximum Gasteiger partial charge on any atom is 0.237 e. The number of nitrogens with two attached hydrogens (primary N) is 1. The Bertz CT molecular complexity index is 978. The smallest absolute Gasteiger partial charge is 0.237 e. The molecule has 0 bridgehead atoms. The van der Waals surface area contributed by atoms with Crippen molar-refractivity contribution in [2.24, 2.45) is 5.73 Å². The molecule has 3 rings (SSSR count). The van der Waals surface area contributed by atoms with Crippen molar-refractivity contribution < 1.29 is 9.59 Å². The van der Waals surface area contributed by atoms with Gasteiger partial charge in [0, 0.05) is 24.3 Å². The minimum atomic E-state index is -0.442. The third-order valence-electron chi connectivity index (χ3n) is 3.95. The zero-order valence-electron chi connectivity index (χ0n) is 15.9. The van der Waals surface area contributed by atoms with Crippen LogP contribution in [-0.2, 0) is 9.59 Å². The lowest BCUT2D eigenvalue weighted by Crippen LogP contribution is -2.35. The van der Waals surface area contributed by atoms with Gasteiger partial charge in [0.25, 0.3) is 0 Å². The molecular formula is C20H21N5O2S2. The summed E-state index contributed by atoms with van der Waals surface area (Å²) in [5.74, 6) is -0.375. The summed E-state index contributed by atoms with van der Waals surface area (Å²) in [5.41, 5.74) is 8.08. The number of rotatable bonds is 9. The van der Waals surface area contributed by atoms with Gasteiger partial charge in [0.15, 0.2) is 4.34 Å². The van der Waals surface area contributed by atoms with E-state index >= 15 is 0 Å². The van der Waals surface area contributed by atoms with Gasteiger partial charge in [0.2, 0.25) is 16.9 Å². The molecule has 0 saturated heterocycles. The largest absolute Gasteiger partial charge is 0.370 e.